The van der Waals surface area contributed by atoms with E-state index < -0.39 is 0 Å². The van der Waals surface area contributed by atoms with Crippen molar-refractivity contribution in [2.24, 2.45) is 5.41 Å². The zero-order valence-corrected chi connectivity index (χ0v) is 11.0. The first-order valence-corrected chi connectivity index (χ1v) is 6.48. The minimum absolute atomic E-state index is 0.491. The van der Waals surface area contributed by atoms with Gasteiger partial charge in [-0.3, -0.25) is 0 Å². The second kappa shape index (κ2) is 4.90. The Bertz CT molecular complexity index is 373. The number of aromatic nitrogens is 2. The van der Waals surface area contributed by atoms with E-state index in [1.54, 1.807) is 6.33 Å². The molecule has 17 heavy (non-hydrogen) atoms. The monoisotopic (exact) mass is 234 g/mol. The van der Waals surface area contributed by atoms with Crippen LogP contribution in [0.3, 0.4) is 0 Å². The van der Waals surface area contributed by atoms with E-state index in [0.29, 0.717) is 5.41 Å². The molecular weight excluding hydrogens is 212 g/mol. The van der Waals surface area contributed by atoms with Crippen molar-refractivity contribution < 1.29 is 0 Å². The third-order valence-corrected chi connectivity index (χ3v) is 4.17. The molecule has 0 spiro atoms. The van der Waals surface area contributed by atoms with Crippen LogP contribution in [0.5, 0.6) is 0 Å². The van der Waals surface area contributed by atoms with Crippen LogP contribution < -0.4 is 10.2 Å². The van der Waals surface area contributed by atoms with Crippen molar-refractivity contribution in [3.8, 4) is 0 Å². The molecule has 1 aliphatic rings. The Morgan fingerprint density at radius 1 is 1.35 bits per heavy atom. The van der Waals surface area contributed by atoms with E-state index >= 15 is 0 Å². The minimum Gasteiger partial charge on any atom is -0.373 e. The fourth-order valence-corrected chi connectivity index (χ4v) is 2.61. The highest BCUT2D eigenvalue weighted by Crippen LogP contribution is 2.38. The Kier molecular flexibility index (Phi) is 3.50. The fourth-order valence-electron chi connectivity index (χ4n) is 2.61. The van der Waals surface area contributed by atoms with Crippen LogP contribution in [0.4, 0.5) is 11.6 Å². The van der Waals surface area contributed by atoms with Crippen LogP contribution >= 0.6 is 0 Å². The van der Waals surface area contributed by atoms with Crippen LogP contribution in [0.2, 0.25) is 0 Å². The number of nitrogens with one attached hydrogen (secondary N) is 1. The first-order valence-electron chi connectivity index (χ1n) is 6.48. The van der Waals surface area contributed by atoms with Crippen molar-refractivity contribution >= 4 is 11.6 Å². The maximum Gasteiger partial charge on any atom is 0.134 e. The van der Waals surface area contributed by atoms with Gasteiger partial charge in [-0.25, -0.2) is 9.97 Å². The molecule has 0 saturated carbocycles. The summed E-state index contributed by atoms with van der Waals surface area (Å²) in [5, 5.41) is 3.06. The molecule has 0 atom stereocenters. The summed E-state index contributed by atoms with van der Waals surface area (Å²) in [7, 11) is 1.89. The summed E-state index contributed by atoms with van der Waals surface area (Å²) >= 11 is 0. The minimum atomic E-state index is 0.491. The van der Waals surface area contributed by atoms with E-state index in [-0.39, 0.29) is 0 Å². The molecule has 2 heterocycles. The summed E-state index contributed by atoms with van der Waals surface area (Å²) in [6.45, 7) is 6.83. The lowest BCUT2D eigenvalue weighted by Crippen LogP contribution is -2.26. The number of hydrogen-bond acceptors (Lipinski definition) is 4. The predicted octanol–water partition coefficient (Wildman–Crippen LogP) is 2.53. The summed E-state index contributed by atoms with van der Waals surface area (Å²) in [6.07, 6.45) is 5.42. The van der Waals surface area contributed by atoms with Gasteiger partial charge in [0.1, 0.15) is 18.0 Å². The maximum absolute atomic E-state index is 4.38. The second-order valence-electron chi connectivity index (χ2n) is 4.89. The standard InChI is InChI=1S/C13H22N4/c1-4-13(5-2)6-7-17(9-13)12-8-11(14-3)15-10-16-12/h8,10H,4-7,9H2,1-3H3,(H,14,15,16). The third-order valence-electron chi connectivity index (χ3n) is 4.17. The van der Waals surface area contributed by atoms with E-state index in [9.17, 15) is 0 Å². The first-order chi connectivity index (χ1) is 8.23. The quantitative estimate of drug-likeness (QED) is 0.869. The maximum atomic E-state index is 4.38. The average molecular weight is 234 g/mol. The lowest BCUT2D eigenvalue weighted by molar-refractivity contribution is 0.301. The van der Waals surface area contributed by atoms with Gasteiger partial charge in [-0.05, 0) is 24.7 Å². The molecule has 0 unspecified atom stereocenters. The molecule has 94 valence electrons. The van der Waals surface area contributed by atoms with Crippen molar-refractivity contribution in [2.75, 3.05) is 30.4 Å². The van der Waals surface area contributed by atoms with Crippen LogP contribution in [-0.2, 0) is 0 Å². The summed E-state index contributed by atoms with van der Waals surface area (Å²) in [5.74, 6) is 1.94. The highest BCUT2D eigenvalue weighted by atomic mass is 15.2. The van der Waals surface area contributed by atoms with E-state index in [1.165, 1.54) is 19.3 Å². The lowest BCUT2D eigenvalue weighted by atomic mass is 9.82. The van der Waals surface area contributed by atoms with Crippen LogP contribution in [0, 0.1) is 5.41 Å². The van der Waals surface area contributed by atoms with Gasteiger partial charge in [0, 0.05) is 26.2 Å². The van der Waals surface area contributed by atoms with Gasteiger partial charge >= 0.3 is 0 Å². The number of rotatable bonds is 4. The molecule has 0 radical (unpaired) electrons. The van der Waals surface area contributed by atoms with Gasteiger partial charge in [-0.1, -0.05) is 13.8 Å². The van der Waals surface area contributed by atoms with Crippen molar-refractivity contribution in [1.29, 1.82) is 0 Å². The van der Waals surface area contributed by atoms with E-state index in [0.717, 1.165) is 24.7 Å². The molecule has 1 saturated heterocycles. The van der Waals surface area contributed by atoms with Gasteiger partial charge in [0.2, 0.25) is 0 Å². The highest BCUT2D eigenvalue weighted by Gasteiger charge is 2.35. The number of hydrogen-bond donors (Lipinski definition) is 1. The average Bonchev–Trinajstić information content (AvgIpc) is 2.84. The van der Waals surface area contributed by atoms with Gasteiger partial charge in [0.15, 0.2) is 0 Å². The van der Waals surface area contributed by atoms with Gasteiger partial charge in [-0.2, -0.15) is 0 Å². The van der Waals surface area contributed by atoms with Crippen molar-refractivity contribution in [3.63, 3.8) is 0 Å². The Balaban J connectivity index is 2.14. The topological polar surface area (TPSA) is 41.0 Å². The molecule has 1 aliphatic heterocycles. The van der Waals surface area contributed by atoms with Gasteiger partial charge in [0.05, 0.1) is 0 Å². The van der Waals surface area contributed by atoms with Gasteiger partial charge in [0.25, 0.3) is 0 Å². The summed E-state index contributed by atoms with van der Waals surface area (Å²) < 4.78 is 0. The Hall–Kier alpha value is -1.32. The largest absolute Gasteiger partial charge is 0.373 e. The van der Waals surface area contributed by atoms with E-state index in [1.807, 2.05) is 13.1 Å². The molecule has 1 aromatic rings. The third kappa shape index (κ3) is 2.35. The van der Waals surface area contributed by atoms with Crippen molar-refractivity contribution in [2.45, 2.75) is 33.1 Å². The number of nitrogens with zero attached hydrogens (tertiary/aromatic N) is 3. The SMILES string of the molecule is CCC1(CC)CCN(c2cc(NC)ncn2)C1. The zero-order chi connectivity index (χ0) is 12.3. The van der Waals surface area contributed by atoms with E-state index in [4.69, 9.17) is 0 Å². The van der Waals surface area contributed by atoms with Crippen LogP contribution in [0.25, 0.3) is 0 Å². The Morgan fingerprint density at radius 3 is 2.71 bits per heavy atom. The molecule has 0 bridgehead atoms. The molecule has 2 rings (SSSR count). The molecule has 0 aliphatic carbocycles. The molecule has 1 aromatic heterocycles. The summed E-state index contributed by atoms with van der Waals surface area (Å²) in [4.78, 5) is 10.9. The molecule has 0 aromatic carbocycles. The van der Waals surface area contributed by atoms with Gasteiger partial charge in [-0.15, -0.1) is 0 Å². The van der Waals surface area contributed by atoms with Crippen LogP contribution in [0.15, 0.2) is 12.4 Å². The summed E-state index contributed by atoms with van der Waals surface area (Å²) in [6, 6.07) is 2.03. The van der Waals surface area contributed by atoms with Crippen LogP contribution in [0.1, 0.15) is 33.1 Å². The molecule has 4 nitrogen and oxygen atoms in total. The number of anilines is 2. The smallest absolute Gasteiger partial charge is 0.134 e. The lowest BCUT2D eigenvalue weighted by Gasteiger charge is -2.26. The first kappa shape index (κ1) is 12.1. The van der Waals surface area contributed by atoms with Crippen molar-refractivity contribution in [3.05, 3.63) is 12.4 Å². The van der Waals surface area contributed by atoms with E-state index in [2.05, 4.69) is 34.0 Å². The zero-order valence-electron chi connectivity index (χ0n) is 11.0. The van der Waals surface area contributed by atoms with Gasteiger partial charge < -0.3 is 10.2 Å². The fraction of sp³-hybridized carbons (Fsp3) is 0.692. The molecular formula is C13H22N4. The predicted molar refractivity (Wildman–Crippen MR) is 71.4 cm³/mol. The molecule has 0 amide bonds. The molecule has 1 N–H and O–H groups in total. The Labute approximate surface area is 103 Å². The van der Waals surface area contributed by atoms with Crippen LogP contribution in [-0.4, -0.2) is 30.1 Å². The molecule has 4 heteroatoms. The summed E-state index contributed by atoms with van der Waals surface area (Å²) in [5.41, 5.74) is 0.491. The normalized spacial score (nSPS) is 18.4. The highest BCUT2D eigenvalue weighted by molar-refractivity contribution is 5.49. The Morgan fingerprint density at radius 2 is 2.12 bits per heavy atom. The molecule has 1 fully saturated rings. The second-order valence-corrected chi connectivity index (χ2v) is 4.89. The van der Waals surface area contributed by atoms with Crippen molar-refractivity contribution in [1.82, 2.24) is 9.97 Å².